The number of nitrogens with zero attached hydrogens (tertiary/aromatic N) is 1. The maximum absolute atomic E-state index is 12.9. The molecule has 0 radical (unpaired) electrons. The topological polar surface area (TPSA) is 68.3 Å². The molecule has 4 saturated carbocycles. The summed E-state index contributed by atoms with van der Waals surface area (Å²) in [6.45, 7) is 1.61. The van der Waals surface area contributed by atoms with Crippen LogP contribution in [0.3, 0.4) is 0 Å². The molecule has 1 N–H and O–H groups in total. The van der Waals surface area contributed by atoms with Gasteiger partial charge in [0.1, 0.15) is 5.82 Å². The van der Waals surface area contributed by atoms with Crippen LogP contribution in [0.25, 0.3) is 0 Å². The maximum Gasteiger partial charge on any atom is 0.312 e. The van der Waals surface area contributed by atoms with Crippen molar-refractivity contribution in [2.45, 2.75) is 51.6 Å². The molecule has 4 bridgehead atoms. The van der Waals surface area contributed by atoms with E-state index in [2.05, 4.69) is 10.3 Å². The van der Waals surface area contributed by atoms with Crippen LogP contribution in [-0.2, 0) is 14.3 Å². The minimum absolute atomic E-state index is 0.182. The summed E-state index contributed by atoms with van der Waals surface area (Å²) >= 11 is 5.78. The number of nitrogens with one attached hydrogen (secondary N) is 1. The van der Waals surface area contributed by atoms with Crippen LogP contribution in [-0.4, -0.2) is 23.0 Å². The summed E-state index contributed by atoms with van der Waals surface area (Å²) in [7, 11) is 0. The van der Waals surface area contributed by atoms with Crippen molar-refractivity contribution in [3.8, 4) is 0 Å². The smallest absolute Gasteiger partial charge is 0.312 e. The normalized spacial score (nSPS) is 33.8. The molecule has 5 rings (SSSR count). The molecule has 0 saturated heterocycles. The average molecular weight is 363 g/mol. The maximum atomic E-state index is 12.9. The van der Waals surface area contributed by atoms with Gasteiger partial charge in [-0.15, -0.1) is 0 Å². The van der Waals surface area contributed by atoms with Gasteiger partial charge in [-0.3, -0.25) is 9.59 Å². The standard InChI is InChI=1S/C19H23ClN2O3/c1-11(17(23)22-16-3-2-15(20)10-21-16)25-18(24)19-7-12-4-13(8-19)6-14(5-12)9-19/h2-3,10-14H,4-9H2,1H3,(H,21,22,23)/t11-,12?,13?,14?,19?/m0/s1. The van der Waals surface area contributed by atoms with E-state index < -0.39 is 6.10 Å². The lowest BCUT2D eigenvalue weighted by Crippen LogP contribution is -2.51. The number of halogens is 1. The number of esters is 1. The lowest BCUT2D eigenvalue weighted by molar-refractivity contribution is -0.177. The monoisotopic (exact) mass is 362 g/mol. The van der Waals surface area contributed by atoms with E-state index in [9.17, 15) is 9.59 Å². The molecule has 4 aliphatic carbocycles. The minimum Gasteiger partial charge on any atom is -0.452 e. The lowest BCUT2D eigenvalue weighted by Gasteiger charge is -2.55. The number of carbonyl (C=O) groups is 2. The predicted octanol–water partition coefficient (Wildman–Crippen LogP) is 3.82. The molecule has 5 nitrogen and oxygen atoms in total. The van der Waals surface area contributed by atoms with Gasteiger partial charge in [0.05, 0.1) is 10.4 Å². The predicted molar refractivity (Wildman–Crippen MR) is 94.0 cm³/mol. The number of amides is 1. The Labute approximate surface area is 152 Å². The van der Waals surface area contributed by atoms with E-state index in [1.807, 2.05) is 0 Å². The molecule has 4 aliphatic rings. The zero-order chi connectivity index (χ0) is 17.6. The van der Waals surface area contributed by atoms with Gasteiger partial charge in [-0.1, -0.05) is 11.6 Å². The van der Waals surface area contributed by atoms with Crippen molar-refractivity contribution in [2.75, 3.05) is 5.32 Å². The summed E-state index contributed by atoms with van der Waals surface area (Å²) in [5.74, 6) is 1.85. The van der Waals surface area contributed by atoms with Crippen molar-refractivity contribution in [1.82, 2.24) is 4.98 Å². The first-order valence-corrected chi connectivity index (χ1v) is 9.45. The molecular weight excluding hydrogens is 340 g/mol. The van der Waals surface area contributed by atoms with Gasteiger partial charge >= 0.3 is 5.97 Å². The van der Waals surface area contributed by atoms with Gasteiger partial charge in [0.15, 0.2) is 6.10 Å². The van der Waals surface area contributed by atoms with E-state index in [0.717, 1.165) is 19.3 Å². The summed E-state index contributed by atoms with van der Waals surface area (Å²) in [6.07, 6.45) is 7.24. The quantitative estimate of drug-likeness (QED) is 0.827. The van der Waals surface area contributed by atoms with E-state index in [1.54, 1.807) is 19.1 Å². The molecule has 1 heterocycles. The van der Waals surface area contributed by atoms with Crippen LogP contribution in [0.1, 0.15) is 45.4 Å². The Morgan fingerprint density at radius 3 is 2.32 bits per heavy atom. The average Bonchev–Trinajstić information content (AvgIpc) is 2.55. The van der Waals surface area contributed by atoms with E-state index >= 15 is 0 Å². The fourth-order valence-electron chi connectivity index (χ4n) is 5.38. The number of aromatic nitrogens is 1. The van der Waals surface area contributed by atoms with E-state index in [-0.39, 0.29) is 17.3 Å². The zero-order valence-electron chi connectivity index (χ0n) is 14.3. The van der Waals surface area contributed by atoms with Crippen LogP contribution in [0.4, 0.5) is 5.82 Å². The number of carbonyl (C=O) groups excluding carboxylic acids is 2. The Morgan fingerprint density at radius 1 is 1.20 bits per heavy atom. The summed E-state index contributed by atoms with van der Waals surface area (Å²) < 4.78 is 5.59. The Hall–Kier alpha value is -1.62. The number of hydrogen-bond donors (Lipinski definition) is 1. The van der Waals surface area contributed by atoms with Crippen LogP contribution in [0.15, 0.2) is 18.3 Å². The van der Waals surface area contributed by atoms with E-state index in [4.69, 9.17) is 16.3 Å². The number of pyridine rings is 1. The van der Waals surface area contributed by atoms with E-state index in [0.29, 0.717) is 28.6 Å². The Balaban J connectivity index is 1.38. The molecule has 25 heavy (non-hydrogen) atoms. The minimum atomic E-state index is -0.835. The van der Waals surface area contributed by atoms with Gasteiger partial charge in [-0.05, 0) is 75.3 Å². The summed E-state index contributed by atoms with van der Waals surface area (Å²) in [6, 6.07) is 3.27. The van der Waals surface area contributed by atoms with Gasteiger partial charge < -0.3 is 10.1 Å². The first kappa shape index (κ1) is 16.8. The largest absolute Gasteiger partial charge is 0.452 e. The molecule has 4 fully saturated rings. The number of rotatable bonds is 4. The van der Waals surface area contributed by atoms with E-state index in [1.165, 1.54) is 25.5 Å². The fourth-order valence-corrected chi connectivity index (χ4v) is 5.49. The fraction of sp³-hybridized carbons (Fsp3) is 0.632. The highest BCUT2D eigenvalue weighted by molar-refractivity contribution is 6.30. The van der Waals surface area contributed by atoms with Crippen LogP contribution in [0.2, 0.25) is 5.02 Å². The highest BCUT2D eigenvalue weighted by atomic mass is 35.5. The number of ether oxygens (including phenoxy) is 1. The number of anilines is 1. The second-order valence-corrected chi connectivity index (χ2v) is 8.53. The summed E-state index contributed by atoms with van der Waals surface area (Å²) in [5, 5.41) is 3.16. The molecule has 0 spiro atoms. The molecule has 134 valence electrons. The summed E-state index contributed by atoms with van der Waals surface area (Å²) in [5.41, 5.74) is -0.345. The van der Waals surface area contributed by atoms with Crippen LogP contribution < -0.4 is 5.32 Å². The Bertz CT molecular complexity index is 653. The molecule has 0 aliphatic heterocycles. The molecule has 0 aromatic carbocycles. The first-order valence-electron chi connectivity index (χ1n) is 9.07. The zero-order valence-corrected chi connectivity index (χ0v) is 15.1. The van der Waals surface area contributed by atoms with Gasteiger partial charge in [-0.2, -0.15) is 0 Å². The Morgan fingerprint density at radius 2 is 1.80 bits per heavy atom. The van der Waals surface area contributed by atoms with Crippen molar-refractivity contribution < 1.29 is 14.3 Å². The SMILES string of the molecule is C[C@H](OC(=O)C12CC3CC(CC(C3)C1)C2)C(=O)Nc1ccc(Cl)cn1. The van der Waals surface area contributed by atoms with Crippen molar-refractivity contribution in [3.05, 3.63) is 23.4 Å². The van der Waals surface area contributed by atoms with Crippen molar-refractivity contribution in [1.29, 1.82) is 0 Å². The van der Waals surface area contributed by atoms with Gasteiger partial charge in [0.2, 0.25) is 0 Å². The molecule has 1 atom stereocenters. The lowest BCUT2D eigenvalue weighted by atomic mass is 9.49. The van der Waals surface area contributed by atoms with Gasteiger partial charge in [-0.25, -0.2) is 4.98 Å². The van der Waals surface area contributed by atoms with Crippen LogP contribution in [0.5, 0.6) is 0 Å². The molecular formula is C19H23ClN2O3. The van der Waals surface area contributed by atoms with Gasteiger partial charge in [0, 0.05) is 6.20 Å². The van der Waals surface area contributed by atoms with Crippen molar-refractivity contribution in [2.24, 2.45) is 23.2 Å². The highest BCUT2D eigenvalue weighted by Gasteiger charge is 2.55. The number of hydrogen-bond acceptors (Lipinski definition) is 4. The molecule has 1 aromatic rings. The Kier molecular flexibility index (Phi) is 4.22. The molecule has 0 unspecified atom stereocenters. The molecule has 1 aromatic heterocycles. The van der Waals surface area contributed by atoms with Crippen LogP contribution >= 0.6 is 11.6 Å². The first-order chi connectivity index (χ1) is 11.9. The third kappa shape index (κ3) is 3.26. The van der Waals surface area contributed by atoms with Crippen molar-refractivity contribution >= 4 is 29.3 Å². The molecule has 1 amide bonds. The van der Waals surface area contributed by atoms with Gasteiger partial charge in [0.25, 0.3) is 5.91 Å². The second-order valence-electron chi connectivity index (χ2n) is 8.10. The highest BCUT2D eigenvalue weighted by Crippen LogP contribution is 2.60. The third-order valence-corrected chi connectivity index (χ3v) is 6.33. The van der Waals surface area contributed by atoms with Crippen LogP contribution in [0, 0.1) is 23.2 Å². The second kappa shape index (κ2) is 6.27. The third-order valence-electron chi connectivity index (χ3n) is 6.10. The summed E-state index contributed by atoms with van der Waals surface area (Å²) in [4.78, 5) is 29.2. The van der Waals surface area contributed by atoms with Crippen molar-refractivity contribution in [3.63, 3.8) is 0 Å². The molecule has 6 heteroatoms.